The van der Waals surface area contributed by atoms with Gasteiger partial charge in [-0.25, -0.2) is 13.1 Å². The van der Waals surface area contributed by atoms with Gasteiger partial charge < -0.3 is 15.0 Å². The molecular weight excluding hydrogens is 242 g/mol. The highest BCUT2D eigenvalue weighted by Crippen LogP contribution is 2.09. The first-order chi connectivity index (χ1) is 8.08. The molecule has 0 bridgehead atoms. The van der Waals surface area contributed by atoms with Crippen LogP contribution < -0.4 is 10.0 Å². The van der Waals surface area contributed by atoms with Crippen molar-refractivity contribution in [2.75, 3.05) is 46.4 Å². The van der Waals surface area contributed by atoms with Crippen molar-refractivity contribution in [2.24, 2.45) is 0 Å². The summed E-state index contributed by atoms with van der Waals surface area (Å²) in [7, 11) is -1.17. The van der Waals surface area contributed by atoms with Gasteiger partial charge in [-0.2, -0.15) is 0 Å². The third-order valence-corrected chi connectivity index (χ3v) is 5.16. The maximum absolute atomic E-state index is 11.9. The van der Waals surface area contributed by atoms with Crippen LogP contribution in [0.25, 0.3) is 0 Å². The quantitative estimate of drug-likeness (QED) is 0.653. The Morgan fingerprint density at radius 2 is 2.35 bits per heavy atom. The highest BCUT2D eigenvalue weighted by molar-refractivity contribution is 7.90. The Bertz CT molecular complexity index is 341. The fourth-order valence-electron chi connectivity index (χ4n) is 2.21. The van der Waals surface area contributed by atoms with Gasteiger partial charge in [-0.05, 0) is 20.0 Å². The molecule has 2 rings (SSSR count). The first kappa shape index (κ1) is 13.2. The molecule has 2 saturated heterocycles. The van der Waals surface area contributed by atoms with Crippen molar-refractivity contribution in [1.82, 2.24) is 14.9 Å². The van der Waals surface area contributed by atoms with Gasteiger partial charge in [0.1, 0.15) is 0 Å². The van der Waals surface area contributed by atoms with E-state index in [0.717, 1.165) is 19.6 Å². The average molecular weight is 263 g/mol. The van der Waals surface area contributed by atoms with Crippen molar-refractivity contribution >= 4 is 10.0 Å². The number of ether oxygens (including phenoxy) is 1. The van der Waals surface area contributed by atoms with Crippen LogP contribution in [-0.2, 0) is 14.8 Å². The standard InChI is InChI=1S/C10H21N3O3S/c1-13-4-5-16-9(8-13)6-12-17(14,15)10-2-3-11-7-10/h9-12H,2-8H2,1H3. The van der Waals surface area contributed by atoms with Crippen LogP contribution >= 0.6 is 0 Å². The maximum Gasteiger partial charge on any atom is 0.215 e. The largest absolute Gasteiger partial charge is 0.374 e. The summed E-state index contributed by atoms with van der Waals surface area (Å²) in [5.74, 6) is 0. The second-order valence-electron chi connectivity index (χ2n) is 4.76. The van der Waals surface area contributed by atoms with E-state index >= 15 is 0 Å². The molecule has 0 radical (unpaired) electrons. The number of hydrogen-bond donors (Lipinski definition) is 2. The second kappa shape index (κ2) is 5.62. The summed E-state index contributed by atoms with van der Waals surface area (Å²) in [6.45, 7) is 4.09. The van der Waals surface area contributed by atoms with Crippen molar-refractivity contribution in [3.8, 4) is 0 Å². The van der Waals surface area contributed by atoms with Crippen LogP contribution in [0.5, 0.6) is 0 Å². The van der Waals surface area contributed by atoms with Crippen molar-refractivity contribution < 1.29 is 13.2 Å². The predicted octanol–water partition coefficient (Wildman–Crippen LogP) is -1.40. The number of morpholine rings is 1. The van der Waals surface area contributed by atoms with Gasteiger partial charge in [-0.1, -0.05) is 0 Å². The van der Waals surface area contributed by atoms with E-state index in [1.165, 1.54) is 0 Å². The molecule has 2 atom stereocenters. The SMILES string of the molecule is CN1CCOC(CNS(=O)(=O)C2CCNC2)C1. The van der Waals surface area contributed by atoms with Crippen molar-refractivity contribution in [2.45, 2.75) is 17.8 Å². The van der Waals surface area contributed by atoms with Crippen LogP contribution in [-0.4, -0.2) is 71.0 Å². The molecule has 7 heteroatoms. The van der Waals surface area contributed by atoms with Gasteiger partial charge in [-0.3, -0.25) is 0 Å². The Balaban J connectivity index is 1.80. The van der Waals surface area contributed by atoms with Gasteiger partial charge in [0, 0.05) is 26.2 Å². The highest BCUT2D eigenvalue weighted by Gasteiger charge is 2.29. The minimum Gasteiger partial charge on any atom is -0.374 e. The van der Waals surface area contributed by atoms with Crippen LogP contribution in [0.4, 0.5) is 0 Å². The molecule has 0 aliphatic carbocycles. The lowest BCUT2D eigenvalue weighted by molar-refractivity contribution is -0.0156. The molecule has 0 saturated carbocycles. The number of rotatable bonds is 4. The zero-order valence-corrected chi connectivity index (χ0v) is 11.0. The minimum atomic E-state index is -3.19. The molecule has 0 spiro atoms. The van der Waals surface area contributed by atoms with Gasteiger partial charge in [0.25, 0.3) is 0 Å². The number of hydrogen-bond acceptors (Lipinski definition) is 5. The van der Waals surface area contributed by atoms with E-state index in [2.05, 4.69) is 14.9 Å². The van der Waals surface area contributed by atoms with E-state index < -0.39 is 10.0 Å². The number of sulfonamides is 1. The van der Waals surface area contributed by atoms with Gasteiger partial charge in [0.15, 0.2) is 0 Å². The molecule has 2 aliphatic heterocycles. The van der Waals surface area contributed by atoms with E-state index in [-0.39, 0.29) is 11.4 Å². The molecule has 100 valence electrons. The van der Waals surface area contributed by atoms with Crippen molar-refractivity contribution in [3.05, 3.63) is 0 Å². The molecule has 2 N–H and O–H groups in total. The summed E-state index contributed by atoms with van der Waals surface area (Å²) >= 11 is 0. The first-order valence-corrected chi connectivity index (χ1v) is 7.62. The summed E-state index contributed by atoms with van der Waals surface area (Å²) in [4.78, 5) is 2.15. The number of nitrogens with one attached hydrogen (secondary N) is 2. The van der Waals surface area contributed by atoms with Crippen LogP contribution in [0.15, 0.2) is 0 Å². The molecule has 2 aliphatic rings. The van der Waals surface area contributed by atoms with E-state index in [4.69, 9.17) is 4.74 Å². The van der Waals surface area contributed by atoms with Gasteiger partial charge in [0.2, 0.25) is 10.0 Å². The monoisotopic (exact) mass is 263 g/mol. The molecule has 17 heavy (non-hydrogen) atoms. The second-order valence-corrected chi connectivity index (χ2v) is 6.81. The lowest BCUT2D eigenvalue weighted by Crippen LogP contribution is -2.47. The van der Waals surface area contributed by atoms with E-state index in [0.29, 0.717) is 26.1 Å². The van der Waals surface area contributed by atoms with Crippen molar-refractivity contribution in [3.63, 3.8) is 0 Å². The Hall–Kier alpha value is -0.210. The number of likely N-dealkylation sites (N-methyl/N-ethyl adjacent to an activating group) is 1. The molecule has 0 aromatic heterocycles. The lowest BCUT2D eigenvalue weighted by atomic mass is 10.3. The van der Waals surface area contributed by atoms with E-state index in [1.807, 2.05) is 7.05 Å². The molecule has 2 fully saturated rings. The minimum absolute atomic E-state index is 0.0297. The summed E-state index contributed by atoms with van der Waals surface area (Å²) in [5, 5.41) is 2.78. The molecule has 2 unspecified atom stereocenters. The van der Waals surface area contributed by atoms with Gasteiger partial charge in [-0.15, -0.1) is 0 Å². The van der Waals surface area contributed by atoms with Gasteiger partial charge >= 0.3 is 0 Å². The lowest BCUT2D eigenvalue weighted by Gasteiger charge is -2.30. The Labute approximate surface area is 103 Å². The molecular formula is C10H21N3O3S. The fourth-order valence-corrected chi connectivity index (χ4v) is 3.63. The zero-order valence-electron chi connectivity index (χ0n) is 10.2. The molecule has 6 nitrogen and oxygen atoms in total. The summed E-state index contributed by atoms with van der Waals surface area (Å²) in [6, 6.07) is 0. The van der Waals surface area contributed by atoms with Gasteiger partial charge in [0.05, 0.1) is 18.0 Å². The highest BCUT2D eigenvalue weighted by atomic mass is 32.2. The third-order valence-electron chi connectivity index (χ3n) is 3.31. The fraction of sp³-hybridized carbons (Fsp3) is 1.00. The zero-order chi connectivity index (χ0) is 12.3. The molecule has 0 aromatic carbocycles. The predicted molar refractivity (Wildman–Crippen MR) is 65.4 cm³/mol. The van der Waals surface area contributed by atoms with Crippen LogP contribution in [0.1, 0.15) is 6.42 Å². The van der Waals surface area contributed by atoms with Crippen LogP contribution in [0.2, 0.25) is 0 Å². The van der Waals surface area contributed by atoms with Crippen molar-refractivity contribution in [1.29, 1.82) is 0 Å². The first-order valence-electron chi connectivity index (χ1n) is 6.07. The van der Waals surface area contributed by atoms with E-state index in [1.54, 1.807) is 0 Å². The maximum atomic E-state index is 11.9. The summed E-state index contributed by atoms with van der Waals surface area (Å²) in [6.07, 6.45) is 0.665. The average Bonchev–Trinajstić information content (AvgIpc) is 2.81. The smallest absolute Gasteiger partial charge is 0.215 e. The van der Waals surface area contributed by atoms with E-state index in [9.17, 15) is 8.42 Å². The summed E-state index contributed by atoms with van der Waals surface area (Å²) in [5.41, 5.74) is 0. The Kier molecular flexibility index (Phi) is 4.37. The topological polar surface area (TPSA) is 70.7 Å². The molecule has 0 aromatic rings. The van der Waals surface area contributed by atoms with Crippen LogP contribution in [0, 0.1) is 0 Å². The third kappa shape index (κ3) is 3.62. The summed E-state index contributed by atoms with van der Waals surface area (Å²) < 4.78 is 32.1. The Morgan fingerprint density at radius 3 is 3.00 bits per heavy atom. The molecule has 2 heterocycles. The number of nitrogens with zero attached hydrogens (tertiary/aromatic N) is 1. The van der Waals surface area contributed by atoms with Crippen LogP contribution in [0.3, 0.4) is 0 Å². The Morgan fingerprint density at radius 1 is 1.53 bits per heavy atom. The molecule has 0 amide bonds. The normalized spacial score (nSPS) is 31.8.